The van der Waals surface area contributed by atoms with Crippen molar-refractivity contribution in [1.82, 2.24) is 10.3 Å². The molecule has 0 aliphatic rings. The number of nitrogens with zero attached hydrogens (tertiary/aromatic N) is 1. The van der Waals surface area contributed by atoms with Gasteiger partial charge in [0, 0.05) is 12.7 Å². The van der Waals surface area contributed by atoms with Crippen LogP contribution in [0, 0.1) is 0 Å². The van der Waals surface area contributed by atoms with Crippen molar-refractivity contribution in [2.75, 3.05) is 12.3 Å². The number of halogens is 1. The fourth-order valence-corrected chi connectivity index (χ4v) is 1.92. The van der Waals surface area contributed by atoms with Crippen molar-refractivity contribution >= 4 is 29.3 Å². The van der Waals surface area contributed by atoms with Crippen LogP contribution in [0.3, 0.4) is 0 Å². The van der Waals surface area contributed by atoms with Gasteiger partial charge in [0.05, 0.1) is 10.8 Å². The summed E-state index contributed by atoms with van der Waals surface area (Å²) >= 11 is 7.25. The van der Waals surface area contributed by atoms with Crippen molar-refractivity contribution in [3.05, 3.63) is 23.4 Å². The summed E-state index contributed by atoms with van der Waals surface area (Å²) in [7, 11) is 0. The number of nitrogens with one attached hydrogen (secondary N) is 1. The highest BCUT2D eigenvalue weighted by Crippen LogP contribution is 2.23. The molecule has 0 spiro atoms. The minimum absolute atomic E-state index is 0.0172. The van der Waals surface area contributed by atoms with E-state index in [2.05, 4.69) is 10.3 Å². The summed E-state index contributed by atoms with van der Waals surface area (Å²) in [6, 6.07) is 3.53. The van der Waals surface area contributed by atoms with E-state index in [0.717, 1.165) is 13.0 Å². The fourth-order valence-electron chi connectivity index (χ4n) is 0.927. The molecule has 1 aromatic rings. The highest BCUT2D eigenvalue weighted by molar-refractivity contribution is 8.00. The summed E-state index contributed by atoms with van der Waals surface area (Å²) in [5.41, 5.74) is 0. The number of thioether (sulfide) groups is 1. The molecule has 0 aromatic carbocycles. The first-order valence-electron chi connectivity index (χ1n) is 4.74. The molecule has 0 saturated heterocycles. The van der Waals surface area contributed by atoms with Gasteiger partial charge in [-0.3, -0.25) is 4.79 Å². The van der Waals surface area contributed by atoms with E-state index in [1.807, 2.05) is 6.92 Å². The molecule has 0 aliphatic carbocycles. The van der Waals surface area contributed by atoms with Crippen molar-refractivity contribution in [2.24, 2.45) is 0 Å². The lowest BCUT2D eigenvalue weighted by Gasteiger charge is -2.03. The Morgan fingerprint density at radius 1 is 1.67 bits per heavy atom. The van der Waals surface area contributed by atoms with Gasteiger partial charge < -0.3 is 5.32 Å². The van der Waals surface area contributed by atoms with E-state index < -0.39 is 0 Å². The van der Waals surface area contributed by atoms with Gasteiger partial charge in [-0.15, -0.1) is 0 Å². The quantitative estimate of drug-likeness (QED) is 0.809. The maximum Gasteiger partial charge on any atom is 0.230 e. The van der Waals surface area contributed by atoms with Crippen molar-refractivity contribution in [3.8, 4) is 0 Å². The van der Waals surface area contributed by atoms with Gasteiger partial charge in [0.1, 0.15) is 5.03 Å². The van der Waals surface area contributed by atoms with Crippen molar-refractivity contribution in [3.63, 3.8) is 0 Å². The zero-order valence-corrected chi connectivity index (χ0v) is 10.1. The second-order valence-corrected chi connectivity index (χ2v) is 4.30. The second kappa shape index (κ2) is 6.69. The molecule has 1 N–H and O–H groups in total. The van der Waals surface area contributed by atoms with Crippen molar-refractivity contribution in [1.29, 1.82) is 0 Å². The summed E-state index contributed by atoms with van der Waals surface area (Å²) in [6.45, 7) is 2.73. The van der Waals surface area contributed by atoms with Gasteiger partial charge in [0.15, 0.2) is 0 Å². The van der Waals surface area contributed by atoms with Crippen LogP contribution in [0.5, 0.6) is 0 Å². The van der Waals surface area contributed by atoms with Crippen LogP contribution in [0.2, 0.25) is 5.02 Å². The maximum absolute atomic E-state index is 11.3. The van der Waals surface area contributed by atoms with Crippen LogP contribution in [0.15, 0.2) is 23.4 Å². The Morgan fingerprint density at radius 3 is 3.13 bits per heavy atom. The number of hydrogen-bond acceptors (Lipinski definition) is 3. The Labute approximate surface area is 98.6 Å². The molecule has 0 unspecified atom stereocenters. The SMILES string of the molecule is CCCNC(=O)CSc1ncccc1Cl. The zero-order chi connectivity index (χ0) is 11.1. The molecule has 5 heteroatoms. The Morgan fingerprint density at radius 2 is 2.47 bits per heavy atom. The third-order valence-corrected chi connectivity index (χ3v) is 3.06. The van der Waals surface area contributed by atoms with Gasteiger partial charge in [-0.25, -0.2) is 4.98 Å². The second-order valence-electron chi connectivity index (χ2n) is 2.93. The minimum atomic E-state index is 0.0172. The number of rotatable bonds is 5. The molecule has 1 rings (SSSR count). The smallest absolute Gasteiger partial charge is 0.230 e. The monoisotopic (exact) mass is 244 g/mol. The first kappa shape index (κ1) is 12.3. The highest BCUT2D eigenvalue weighted by atomic mass is 35.5. The maximum atomic E-state index is 11.3. The van der Waals surface area contributed by atoms with Crippen LogP contribution >= 0.6 is 23.4 Å². The third kappa shape index (κ3) is 4.53. The molecule has 82 valence electrons. The summed E-state index contributed by atoms with van der Waals surface area (Å²) in [5, 5.41) is 4.08. The number of carbonyl (C=O) groups is 1. The van der Waals surface area contributed by atoms with Gasteiger partial charge >= 0.3 is 0 Å². The predicted molar refractivity (Wildman–Crippen MR) is 63.3 cm³/mol. The van der Waals surface area contributed by atoms with Crippen molar-refractivity contribution in [2.45, 2.75) is 18.4 Å². The topological polar surface area (TPSA) is 42.0 Å². The summed E-state index contributed by atoms with van der Waals surface area (Å²) in [4.78, 5) is 15.4. The predicted octanol–water partition coefficient (Wildman–Crippen LogP) is 2.35. The van der Waals surface area contributed by atoms with Crippen LogP contribution in [0.4, 0.5) is 0 Å². The van der Waals surface area contributed by atoms with Gasteiger partial charge in [-0.2, -0.15) is 0 Å². The molecule has 15 heavy (non-hydrogen) atoms. The number of hydrogen-bond donors (Lipinski definition) is 1. The van der Waals surface area contributed by atoms with Gasteiger partial charge in [-0.05, 0) is 18.6 Å². The molecule has 0 radical (unpaired) electrons. The van der Waals surface area contributed by atoms with E-state index >= 15 is 0 Å². The molecule has 0 aliphatic heterocycles. The van der Waals surface area contributed by atoms with Crippen LogP contribution in [-0.4, -0.2) is 23.2 Å². The molecule has 1 aromatic heterocycles. The van der Waals surface area contributed by atoms with Gasteiger partial charge in [-0.1, -0.05) is 30.3 Å². The fraction of sp³-hybridized carbons (Fsp3) is 0.400. The molecule has 0 fully saturated rings. The Kier molecular flexibility index (Phi) is 5.50. The summed E-state index contributed by atoms with van der Waals surface area (Å²) in [5.74, 6) is 0.375. The van der Waals surface area contributed by atoms with Crippen LogP contribution < -0.4 is 5.32 Å². The van der Waals surface area contributed by atoms with E-state index in [1.165, 1.54) is 11.8 Å². The molecule has 0 saturated carbocycles. The first-order valence-corrected chi connectivity index (χ1v) is 6.10. The minimum Gasteiger partial charge on any atom is -0.355 e. The van der Waals surface area contributed by atoms with E-state index in [0.29, 0.717) is 15.8 Å². The average molecular weight is 245 g/mol. The lowest BCUT2D eigenvalue weighted by atomic mass is 10.5. The number of pyridine rings is 1. The zero-order valence-electron chi connectivity index (χ0n) is 8.50. The molecule has 1 amide bonds. The van der Waals surface area contributed by atoms with Gasteiger partial charge in [0.2, 0.25) is 5.91 Å². The van der Waals surface area contributed by atoms with E-state index in [-0.39, 0.29) is 5.91 Å². The lowest BCUT2D eigenvalue weighted by molar-refractivity contribution is -0.118. The molecular weight excluding hydrogens is 232 g/mol. The number of aromatic nitrogens is 1. The summed E-state index contributed by atoms with van der Waals surface area (Å²) in [6.07, 6.45) is 2.61. The van der Waals surface area contributed by atoms with E-state index in [9.17, 15) is 4.79 Å². The lowest BCUT2D eigenvalue weighted by Crippen LogP contribution is -2.25. The highest BCUT2D eigenvalue weighted by Gasteiger charge is 2.05. The van der Waals surface area contributed by atoms with E-state index in [4.69, 9.17) is 11.6 Å². The summed E-state index contributed by atoms with van der Waals surface area (Å²) < 4.78 is 0. The Hall–Kier alpha value is -0.740. The van der Waals surface area contributed by atoms with Crippen LogP contribution in [0.25, 0.3) is 0 Å². The van der Waals surface area contributed by atoms with E-state index in [1.54, 1.807) is 18.3 Å². The largest absolute Gasteiger partial charge is 0.355 e. The average Bonchev–Trinajstić information content (AvgIpc) is 2.25. The number of amides is 1. The van der Waals surface area contributed by atoms with Gasteiger partial charge in [0.25, 0.3) is 0 Å². The third-order valence-electron chi connectivity index (χ3n) is 1.64. The van der Waals surface area contributed by atoms with Crippen LogP contribution in [0.1, 0.15) is 13.3 Å². The molecular formula is C10H13ClN2OS. The molecule has 0 atom stereocenters. The molecule has 0 bridgehead atoms. The van der Waals surface area contributed by atoms with Crippen LogP contribution in [-0.2, 0) is 4.79 Å². The standard InChI is InChI=1S/C10H13ClN2OS/c1-2-5-12-9(14)7-15-10-8(11)4-3-6-13-10/h3-4,6H,2,5,7H2,1H3,(H,12,14). The molecule has 3 nitrogen and oxygen atoms in total. The van der Waals surface area contributed by atoms with Crippen molar-refractivity contribution < 1.29 is 4.79 Å². The molecule has 1 heterocycles. The Balaban J connectivity index is 2.37. The normalized spacial score (nSPS) is 10.0. The first-order chi connectivity index (χ1) is 7.24. The number of carbonyl (C=O) groups excluding carboxylic acids is 1. The Bertz CT molecular complexity index is 333.